The van der Waals surface area contributed by atoms with Crippen molar-refractivity contribution in [1.29, 1.82) is 0 Å². The molecule has 1 aliphatic rings. The second-order valence-corrected chi connectivity index (χ2v) is 10.5. The Labute approximate surface area is 239 Å². The van der Waals surface area contributed by atoms with E-state index in [0.717, 1.165) is 49.2 Å². The second-order valence-electron chi connectivity index (χ2n) is 10.5. The smallest absolute Gasteiger partial charge is 0.326 e. The summed E-state index contributed by atoms with van der Waals surface area (Å²) in [5, 5.41) is 2.54. The third kappa shape index (κ3) is 6.03. The number of halogens is 4. The molecule has 1 fully saturated rings. The van der Waals surface area contributed by atoms with Crippen LogP contribution in [0.2, 0.25) is 0 Å². The predicted octanol–water partition coefficient (Wildman–Crippen LogP) is 7.00. The van der Waals surface area contributed by atoms with Gasteiger partial charge < -0.3 is 5.32 Å². The lowest BCUT2D eigenvalue weighted by Gasteiger charge is -2.18. The summed E-state index contributed by atoms with van der Waals surface area (Å²) in [4.78, 5) is 23.4. The number of nitrogens with one attached hydrogen (secondary N) is 1. The highest BCUT2D eigenvalue weighted by Crippen LogP contribution is 2.33. The Morgan fingerprint density at radius 2 is 1.69 bits per heavy atom. The molecule has 6 nitrogen and oxygen atoms in total. The molecule has 0 atom stereocenters. The summed E-state index contributed by atoms with van der Waals surface area (Å²) in [5.74, 6) is -1.20. The monoisotopic (exact) mass is 573 g/mol. The van der Waals surface area contributed by atoms with Gasteiger partial charge in [-0.1, -0.05) is 12.1 Å². The van der Waals surface area contributed by atoms with Gasteiger partial charge in [-0.15, -0.1) is 0 Å². The van der Waals surface area contributed by atoms with E-state index >= 15 is 4.39 Å². The number of fused-ring (bicyclic) bond motifs is 1. The number of hydrogen-bond donors (Lipinski definition) is 1. The van der Waals surface area contributed by atoms with Crippen LogP contribution in [0.25, 0.3) is 28.0 Å². The van der Waals surface area contributed by atoms with Gasteiger partial charge in [0, 0.05) is 36.4 Å². The van der Waals surface area contributed by atoms with Gasteiger partial charge in [0.2, 0.25) is 5.91 Å². The Hall–Kier alpha value is -4.57. The van der Waals surface area contributed by atoms with Gasteiger partial charge in [0.05, 0.1) is 23.9 Å². The van der Waals surface area contributed by atoms with Crippen LogP contribution in [-0.4, -0.2) is 38.3 Å². The third-order valence-electron chi connectivity index (χ3n) is 7.44. The van der Waals surface area contributed by atoms with Crippen LogP contribution in [0.3, 0.4) is 0 Å². The van der Waals surface area contributed by atoms with E-state index in [4.69, 9.17) is 0 Å². The number of rotatable bonds is 7. The Morgan fingerprint density at radius 3 is 2.43 bits per heavy atom. The molecule has 4 heterocycles. The van der Waals surface area contributed by atoms with Crippen LogP contribution in [-0.2, 0) is 23.9 Å². The van der Waals surface area contributed by atoms with Crippen LogP contribution < -0.4 is 5.32 Å². The number of aromatic nitrogens is 3. The van der Waals surface area contributed by atoms with Gasteiger partial charge in [-0.05, 0) is 96.7 Å². The van der Waals surface area contributed by atoms with Gasteiger partial charge >= 0.3 is 6.18 Å². The number of carbonyl (C=O) groups is 1. The molecule has 42 heavy (non-hydrogen) atoms. The second kappa shape index (κ2) is 11.4. The highest BCUT2D eigenvalue weighted by atomic mass is 19.4. The first-order valence-electron chi connectivity index (χ1n) is 13.6. The lowest BCUT2D eigenvalue weighted by atomic mass is 10.1. The van der Waals surface area contributed by atoms with E-state index in [1.54, 1.807) is 30.7 Å². The van der Waals surface area contributed by atoms with Gasteiger partial charge in [-0.2, -0.15) is 13.2 Å². The van der Waals surface area contributed by atoms with Crippen molar-refractivity contribution < 1.29 is 22.4 Å². The van der Waals surface area contributed by atoms with Gasteiger partial charge in [0.15, 0.2) is 0 Å². The minimum Gasteiger partial charge on any atom is -0.326 e. The third-order valence-corrected chi connectivity index (χ3v) is 7.44. The average molecular weight is 574 g/mol. The maximum absolute atomic E-state index is 15.2. The molecular formula is C32H27F4N5O. The standard InChI is InChI=1S/C32H27F4N5O/c33-28-15-25(29-19-38-30-16-23(7-12-41(29)30)22-5-8-37-9-6-22)4-3-24(28)17-31(42)39-27-14-21(20-40-10-1-2-11-40)13-26(18-27)32(34,35)36/h3-9,12-16,18-19H,1-2,10-11,17,20H2,(H,39,42). The van der Waals surface area contributed by atoms with Crippen molar-refractivity contribution in [2.24, 2.45) is 0 Å². The normalized spacial score (nSPS) is 14.0. The number of alkyl halides is 3. The molecule has 0 bridgehead atoms. The molecule has 0 spiro atoms. The zero-order chi connectivity index (χ0) is 29.3. The first kappa shape index (κ1) is 27.6. The molecule has 5 aromatic rings. The summed E-state index contributed by atoms with van der Waals surface area (Å²) in [6.45, 7) is 2.03. The fourth-order valence-electron chi connectivity index (χ4n) is 5.36. The predicted molar refractivity (Wildman–Crippen MR) is 152 cm³/mol. The van der Waals surface area contributed by atoms with E-state index in [2.05, 4.69) is 20.2 Å². The lowest BCUT2D eigenvalue weighted by molar-refractivity contribution is -0.137. The summed E-state index contributed by atoms with van der Waals surface area (Å²) >= 11 is 0. The van der Waals surface area contributed by atoms with Crippen molar-refractivity contribution in [3.8, 4) is 22.4 Å². The summed E-state index contributed by atoms with van der Waals surface area (Å²) < 4.78 is 57.7. The fourth-order valence-corrected chi connectivity index (χ4v) is 5.36. The van der Waals surface area contributed by atoms with Crippen molar-refractivity contribution in [2.45, 2.75) is 32.0 Å². The van der Waals surface area contributed by atoms with E-state index in [9.17, 15) is 18.0 Å². The van der Waals surface area contributed by atoms with Crippen LogP contribution in [0.4, 0.5) is 23.2 Å². The maximum atomic E-state index is 15.2. The largest absolute Gasteiger partial charge is 0.416 e. The first-order valence-corrected chi connectivity index (χ1v) is 13.6. The van der Waals surface area contributed by atoms with Crippen LogP contribution in [0, 0.1) is 5.82 Å². The zero-order valence-corrected chi connectivity index (χ0v) is 22.5. The molecule has 1 aliphatic heterocycles. The molecule has 10 heteroatoms. The van der Waals surface area contributed by atoms with Gasteiger partial charge in [-0.3, -0.25) is 19.1 Å². The molecule has 2 aromatic carbocycles. The summed E-state index contributed by atoms with van der Waals surface area (Å²) in [6, 6.07) is 15.8. The van der Waals surface area contributed by atoms with E-state index < -0.39 is 23.5 Å². The number of imidazole rings is 1. The highest BCUT2D eigenvalue weighted by Gasteiger charge is 2.31. The van der Waals surface area contributed by atoms with Crippen molar-refractivity contribution in [1.82, 2.24) is 19.3 Å². The molecule has 1 N–H and O–H groups in total. The lowest BCUT2D eigenvalue weighted by Crippen LogP contribution is -2.20. The molecule has 0 radical (unpaired) electrons. The van der Waals surface area contributed by atoms with Crippen molar-refractivity contribution in [3.05, 3.63) is 108 Å². The van der Waals surface area contributed by atoms with Crippen LogP contribution in [0.1, 0.15) is 29.5 Å². The molecule has 214 valence electrons. The number of pyridine rings is 2. The topological polar surface area (TPSA) is 62.5 Å². The molecule has 1 saturated heterocycles. The van der Waals surface area contributed by atoms with E-state index in [0.29, 0.717) is 29.0 Å². The Balaban J connectivity index is 1.18. The summed E-state index contributed by atoms with van der Waals surface area (Å²) in [5.41, 5.74) is 3.73. The fraction of sp³-hybridized carbons (Fsp3) is 0.219. The molecule has 1 amide bonds. The van der Waals surface area contributed by atoms with E-state index in [-0.39, 0.29) is 17.7 Å². The van der Waals surface area contributed by atoms with Crippen LogP contribution in [0.5, 0.6) is 0 Å². The average Bonchev–Trinajstić information content (AvgIpc) is 3.64. The van der Waals surface area contributed by atoms with Crippen molar-refractivity contribution in [3.63, 3.8) is 0 Å². The van der Waals surface area contributed by atoms with Crippen LogP contribution >= 0.6 is 0 Å². The molecular weight excluding hydrogens is 546 g/mol. The number of carbonyl (C=O) groups excluding carboxylic acids is 1. The molecule has 0 aliphatic carbocycles. The summed E-state index contributed by atoms with van der Waals surface area (Å²) in [6.07, 6.45) is 4.09. The van der Waals surface area contributed by atoms with Gasteiger partial charge in [-0.25, -0.2) is 9.37 Å². The SMILES string of the molecule is O=C(Cc1ccc(-c2cnc3cc(-c4ccncc4)ccn23)cc1F)Nc1cc(CN2CCCC2)cc(C(F)(F)F)c1. The van der Waals surface area contributed by atoms with Gasteiger partial charge in [0.1, 0.15) is 11.5 Å². The van der Waals surface area contributed by atoms with Crippen molar-refractivity contribution >= 4 is 17.2 Å². The number of nitrogens with zero attached hydrogens (tertiary/aromatic N) is 4. The number of likely N-dealkylation sites (tertiary alicyclic amines) is 1. The molecule has 3 aromatic heterocycles. The maximum Gasteiger partial charge on any atom is 0.416 e. The minimum atomic E-state index is -4.55. The summed E-state index contributed by atoms with van der Waals surface area (Å²) in [7, 11) is 0. The number of anilines is 1. The Bertz CT molecular complexity index is 1740. The Kier molecular flexibility index (Phi) is 7.47. The highest BCUT2D eigenvalue weighted by molar-refractivity contribution is 5.92. The number of benzene rings is 2. The van der Waals surface area contributed by atoms with E-state index in [1.165, 1.54) is 12.1 Å². The van der Waals surface area contributed by atoms with Gasteiger partial charge in [0.25, 0.3) is 0 Å². The first-order chi connectivity index (χ1) is 20.2. The molecule has 6 rings (SSSR count). The zero-order valence-electron chi connectivity index (χ0n) is 22.5. The number of amides is 1. The Morgan fingerprint density at radius 1 is 0.905 bits per heavy atom. The number of hydrogen-bond acceptors (Lipinski definition) is 4. The van der Waals surface area contributed by atoms with Crippen LogP contribution in [0.15, 0.2) is 85.5 Å². The van der Waals surface area contributed by atoms with Crippen molar-refractivity contribution in [2.75, 3.05) is 18.4 Å². The molecule has 0 saturated carbocycles. The molecule has 0 unspecified atom stereocenters. The van der Waals surface area contributed by atoms with E-state index in [1.807, 2.05) is 34.9 Å². The quantitative estimate of drug-likeness (QED) is 0.213. The minimum absolute atomic E-state index is 0.0397.